The van der Waals surface area contributed by atoms with Gasteiger partial charge in [-0.25, -0.2) is 0 Å². The molecule has 1 aromatic carbocycles. The van der Waals surface area contributed by atoms with Gasteiger partial charge in [-0.1, -0.05) is 18.2 Å². The Morgan fingerprint density at radius 2 is 2.04 bits per heavy atom. The van der Waals surface area contributed by atoms with E-state index in [4.69, 9.17) is 4.74 Å². The zero-order valence-electron chi connectivity index (χ0n) is 14.9. The van der Waals surface area contributed by atoms with E-state index >= 15 is 0 Å². The molecule has 0 atom stereocenters. The number of hydrogen-bond acceptors (Lipinski definition) is 3. The summed E-state index contributed by atoms with van der Waals surface area (Å²) in [5.41, 5.74) is 2.64. The van der Waals surface area contributed by atoms with Crippen LogP contribution in [0.4, 0.5) is 0 Å². The second kappa shape index (κ2) is 7.20. The number of amides is 1. The first-order valence-electron chi connectivity index (χ1n) is 9.11. The van der Waals surface area contributed by atoms with Crippen molar-refractivity contribution in [3.05, 3.63) is 60.0 Å². The van der Waals surface area contributed by atoms with Gasteiger partial charge in [0.1, 0.15) is 11.4 Å². The number of nitrogens with one attached hydrogen (secondary N) is 1. The highest BCUT2D eigenvalue weighted by molar-refractivity contribution is 5.98. The third-order valence-electron chi connectivity index (χ3n) is 5.02. The Balaban J connectivity index is 1.32. The standard InChI is InChI=1S/C21H23N3O2/c1-15-12-18(6-9-22-15)26-14-16-7-10-24(11-8-16)21(25)20-13-17-4-2-3-5-19(17)23-20/h2-6,9,12-13,16,23H,7-8,10-11,14H2,1H3. The van der Waals surface area contributed by atoms with Crippen LogP contribution in [0.25, 0.3) is 10.9 Å². The molecule has 0 aliphatic carbocycles. The van der Waals surface area contributed by atoms with Gasteiger partial charge in [-0.3, -0.25) is 9.78 Å². The predicted molar refractivity (Wildman–Crippen MR) is 101 cm³/mol. The molecule has 0 radical (unpaired) electrons. The van der Waals surface area contributed by atoms with E-state index in [9.17, 15) is 4.79 Å². The average Bonchev–Trinajstić information content (AvgIpc) is 3.10. The van der Waals surface area contributed by atoms with Crippen LogP contribution in [0.5, 0.6) is 5.75 Å². The van der Waals surface area contributed by atoms with Crippen LogP contribution < -0.4 is 4.74 Å². The van der Waals surface area contributed by atoms with E-state index < -0.39 is 0 Å². The highest BCUT2D eigenvalue weighted by Gasteiger charge is 2.25. The summed E-state index contributed by atoms with van der Waals surface area (Å²) in [4.78, 5) is 22.1. The van der Waals surface area contributed by atoms with Crippen LogP contribution >= 0.6 is 0 Å². The minimum absolute atomic E-state index is 0.0883. The predicted octanol–water partition coefficient (Wildman–Crippen LogP) is 3.80. The number of carbonyl (C=O) groups excluding carboxylic acids is 1. The Labute approximate surface area is 153 Å². The Bertz CT molecular complexity index is 877. The molecular weight excluding hydrogens is 326 g/mol. The number of fused-ring (bicyclic) bond motifs is 1. The molecule has 134 valence electrons. The van der Waals surface area contributed by atoms with Crippen LogP contribution in [0.3, 0.4) is 0 Å². The molecular formula is C21H23N3O2. The molecule has 0 saturated carbocycles. The molecule has 1 aliphatic heterocycles. The molecule has 0 spiro atoms. The fraction of sp³-hybridized carbons (Fsp3) is 0.333. The van der Waals surface area contributed by atoms with E-state index in [1.54, 1.807) is 6.20 Å². The summed E-state index contributed by atoms with van der Waals surface area (Å²) >= 11 is 0. The first kappa shape index (κ1) is 16.6. The van der Waals surface area contributed by atoms with Gasteiger partial charge in [0.05, 0.1) is 6.61 Å². The summed E-state index contributed by atoms with van der Waals surface area (Å²) in [6.07, 6.45) is 3.71. The van der Waals surface area contributed by atoms with Crippen molar-refractivity contribution in [1.29, 1.82) is 0 Å². The fourth-order valence-electron chi connectivity index (χ4n) is 3.49. The van der Waals surface area contributed by atoms with Crippen LogP contribution in [0.15, 0.2) is 48.7 Å². The van der Waals surface area contributed by atoms with E-state index in [-0.39, 0.29) is 5.91 Å². The molecule has 4 rings (SSSR count). The lowest BCUT2D eigenvalue weighted by Crippen LogP contribution is -2.39. The smallest absolute Gasteiger partial charge is 0.270 e. The number of ether oxygens (including phenoxy) is 1. The van der Waals surface area contributed by atoms with Crippen molar-refractivity contribution in [1.82, 2.24) is 14.9 Å². The Kier molecular flexibility index (Phi) is 4.61. The highest BCUT2D eigenvalue weighted by Crippen LogP contribution is 2.22. The third kappa shape index (κ3) is 3.57. The van der Waals surface area contributed by atoms with Crippen molar-refractivity contribution in [2.24, 2.45) is 5.92 Å². The molecule has 2 aromatic heterocycles. The van der Waals surface area contributed by atoms with E-state index in [1.165, 1.54) is 0 Å². The summed E-state index contributed by atoms with van der Waals surface area (Å²) in [6.45, 7) is 4.20. The summed E-state index contributed by atoms with van der Waals surface area (Å²) in [5, 5.41) is 1.08. The second-order valence-corrected chi connectivity index (χ2v) is 6.95. The number of nitrogens with zero attached hydrogens (tertiary/aromatic N) is 2. The lowest BCUT2D eigenvalue weighted by atomic mass is 9.97. The summed E-state index contributed by atoms with van der Waals surface area (Å²) in [7, 11) is 0. The number of carbonyl (C=O) groups is 1. The number of hydrogen-bond donors (Lipinski definition) is 1. The normalized spacial score (nSPS) is 15.3. The number of para-hydroxylation sites is 1. The van der Waals surface area contributed by atoms with Crippen LogP contribution in [-0.2, 0) is 0 Å². The molecule has 5 heteroatoms. The van der Waals surface area contributed by atoms with E-state index in [0.29, 0.717) is 18.2 Å². The fourth-order valence-corrected chi connectivity index (χ4v) is 3.49. The number of benzene rings is 1. The first-order chi connectivity index (χ1) is 12.7. The summed E-state index contributed by atoms with van der Waals surface area (Å²) < 4.78 is 5.90. The lowest BCUT2D eigenvalue weighted by molar-refractivity contribution is 0.0656. The highest BCUT2D eigenvalue weighted by atomic mass is 16.5. The molecule has 3 aromatic rings. The minimum Gasteiger partial charge on any atom is -0.493 e. The molecule has 1 aliphatic rings. The molecule has 1 amide bonds. The van der Waals surface area contributed by atoms with Crippen molar-refractivity contribution in [2.45, 2.75) is 19.8 Å². The quantitative estimate of drug-likeness (QED) is 0.779. The zero-order chi connectivity index (χ0) is 17.9. The van der Waals surface area contributed by atoms with Gasteiger partial charge in [-0.2, -0.15) is 0 Å². The SMILES string of the molecule is Cc1cc(OCC2CCN(C(=O)c3cc4ccccc4[nH]3)CC2)ccn1. The maximum atomic E-state index is 12.7. The number of aryl methyl sites for hydroxylation is 1. The molecule has 3 heterocycles. The third-order valence-corrected chi connectivity index (χ3v) is 5.02. The summed E-state index contributed by atoms with van der Waals surface area (Å²) in [6, 6.07) is 13.8. The van der Waals surface area contributed by atoms with Crippen LogP contribution in [-0.4, -0.2) is 40.5 Å². The van der Waals surface area contributed by atoms with E-state index in [2.05, 4.69) is 9.97 Å². The van der Waals surface area contributed by atoms with Crippen molar-refractivity contribution in [3.8, 4) is 5.75 Å². The number of likely N-dealkylation sites (tertiary alicyclic amines) is 1. The number of aromatic nitrogens is 2. The Hall–Kier alpha value is -2.82. The number of aromatic amines is 1. The lowest BCUT2D eigenvalue weighted by Gasteiger charge is -2.31. The van der Waals surface area contributed by atoms with Gasteiger partial charge in [0.2, 0.25) is 0 Å². The van der Waals surface area contributed by atoms with Gasteiger partial charge in [0.25, 0.3) is 5.91 Å². The average molecular weight is 349 g/mol. The number of H-pyrrole nitrogens is 1. The Morgan fingerprint density at radius 3 is 2.81 bits per heavy atom. The van der Waals surface area contributed by atoms with E-state index in [1.807, 2.05) is 54.3 Å². The monoisotopic (exact) mass is 349 g/mol. The zero-order valence-corrected chi connectivity index (χ0v) is 14.9. The van der Waals surface area contributed by atoms with Crippen LogP contribution in [0.1, 0.15) is 29.0 Å². The largest absolute Gasteiger partial charge is 0.493 e. The number of rotatable bonds is 4. The van der Waals surface area contributed by atoms with Gasteiger partial charge in [0, 0.05) is 41.9 Å². The van der Waals surface area contributed by atoms with Crippen molar-refractivity contribution in [2.75, 3.05) is 19.7 Å². The first-order valence-corrected chi connectivity index (χ1v) is 9.11. The van der Waals surface area contributed by atoms with E-state index in [0.717, 1.165) is 48.3 Å². The molecule has 26 heavy (non-hydrogen) atoms. The van der Waals surface area contributed by atoms with Crippen molar-refractivity contribution >= 4 is 16.8 Å². The Morgan fingerprint density at radius 1 is 1.23 bits per heavy atom. The molecule has 5 nitrogen and oxygen atoms in total. The topological polar surface area (TPSA) is 58.2 Å². The summed E-state index contributed by atoms with van der Waals surface area (Å²) in [5.74, 6) is 1.44. The van der Waals surface area contributed by atoms with Crippen molar-refractivity contribution in [3.63, 3.8) is 0 Å². The number of piperidine rings is 1. The molecule has 1 saturated heterocycles. The van der Waals surface area contributed by atoms with Gasteiger partial charge in [-0.15, -0.1) is 0 Å². The van der Waals surface area contributed by atoms with Gasteiger partial charge >= 0.3 is 0 Å². The minimum atomic E-state index is 0.0883. The molecule has 0 bridgehead atoms. The second-order valence-electron chi connectivity index (χ2n) is 6.95. The molecule has 0 unspecified atom stereocenters. The number of pyridine rings is 1. The van der Waals surface area contributed by atoms with Crippen LogP contribution in [0, 0.1) is 12.8 Å². The van der Waals surface area contributed by atoms with Crippen LogP contribution in [0.2, 0.25) is 0 Å². The maximum absolute atomic E-state index is 12.7. The molecule has 1 fully saturated rings. The van der Waals surface area contributed by atoms with Gasteiger partial charge < -0.3 is 14.6 Å². The van der Waals surface area contributed by atoms with Gasteiger partial charge in [0.15, 0.2) is 0 Å². The molecule has 1 N–H and O–H groups in total. The van der Waals surface area contributed by atoms with Gasteiger partial charge in [-0.05, 0) is 43.9 Å². The van der Waals surface area contributed by atoms with Crippen molar-refractivity contribution < 1.29 is 9.53 Å². The maximum Gasteiger partial charge on any atom is 0.270 e.